The number of aromatic hydroxyl groups is 1. The van der Waals surface area contributed by atoms with E-state index in [1.54, 1.807) is 0 Å². The smallest absolute Gasteiger partial charge is 0.508 e. The number of phenolic OH excluding ortho intramolecular Hbond substituents is 1. The summed E-state index contributed by atoms with van der Waals surface area (Å²) >= 11 is 0. The molecule has 0 unspecified atom stereocenters. The molecule has 0 spiro atoms. The normalized spacial score (nSPS) is 11.3. The van der Waals surface area contributed by atoms with Gasteiger partial charge in [0.15, 0.2) is 0 Å². The lowest BCUT2D eigenvalue weighted by atomic mass is 10.0. The largest absolute Gasteiger partial charge is 0.573 e. The average molecular weight is 269 g/mol. The second kappa shape index (κ2) is 4.72. The number of anilines is 1. The highest BCUT2D eigenvalue weighted by Crippen LogP contribution is 2.31. The Balaban J connectivity index is 2.30. The highest BCUT2D eigenvalue weighted by atomic mass is 19.4. The minimum atomic E-state index is -4.72. The lowest BCUT2D eigenvalue weighted by Gasteiger charge is -2.10. The fourth-order valence-electron chi connectivity index (χ4n) is 1.63. The second-order valence-electron chi connectivity index (χ2n) is 3.84. The number of nitrogens with two attached hydrogens (primary N) is 1. The van der Waals surface area contributed by atoms with Gasteiger partial charge in [-0.1, -0.05) is 12.1 Å². The molecule has 19 heavy (non-hydrogen) atoms. The summed E-state index contributed by atoms with van der Waals surface area (Å²) in [6.07, 6.45) is -4.72. The molecule has 0 amide bonds. The van der Waals surface area contributed by atoms with E-state index < -0.39 is 6.36 Å². The molecule has 3 nitrogen and oxygen atoms in total. The maximum Gasteiger partial charge on any atom is 0.573 e. The van der Waals surface area contributed by atoms with Gasteiger partial charge in [0.25, 0.3) is 0 Å². The van der Waals surface area contributed by atoms with E-state index in [-0.39, 0.29) is 11.5 Å². The van der Waals surface area contributed by atoms with Gasteiger partial charge in [0.1, 0.15) is 11.5 Å². The zero-order chi connectivity index (χ0) is 14.0. The van der Waals surface area contributed by atoms with E-state index in [4.69, 9.17) is 5.73 Å². The molecule has 0 aliphatic rings. The second-order valence-corrected chi connectivity index (χ2v) is 3.84. The lowest BCUT2D eigenvalue weighted by Crippen LogP contribution is -2.16. The number of rotatable bonds is 2. The summed E-state index contributed by atoms with van der Waals surface area (Å²) in [7, 11) is 0. The Bertz CT molecular complexity index is 579. The number of hydrogen-bond donors (Lipinski definition) is 2. The Hall–Kier alpha value is -2.37. The van der Waals surface area contributed by atoms with Crippen LogP contribution in [0.3, 0.4) is 0 Å². The van der Waals surface area contributed by atoms with Crippen molar-refractivity contribution >= 4 is 5.69 Å². The molecular formula is C13H10F3NO2. The molecule has 0 aliphatic heterocycles. The van der Waals surface area contributed by atoms with Crippen molar-refractivity contribution in [3.05, 3.63) is 42.5 Å². The van der Waals surface area contributed by atoms with Gasteiger partial charge in [0, 0.05) is 11.3 Å². The van der Waals surface area contributed by atoms with Crippen molar-refractivity contribution in [3.8, 4) is 22.6 Å². The van der Waals surface area contributed by atoms with Crippen molar-refractivity contribution in [1.82, 2.24) is 0 Å². The van der Waals surface area contributed by atoms with Crippen molar-refractivity contribution in [1.29, 1.82) is 0 Å². The third kappa shape index (κ3) is 3.31. The average Bonchev–Trinajstić information content (AvgIpc) is 2.31. The highest BCUT2D eigenvalue weighted by Gasteiger charge is 2.30. The summed E-state index contributed by atoms with van der Waals surface area (Å²) in [5.41, 5.74) is 7.28. The number of phenols is 1. The first-order valence-corrected chi connectivity index (χ1v) is 5.30. The van der Waals surface area contributed by atoms with Crippen LogP contribution >= 0.6 is 0 Å². The third-order valence-electron chi connectivity index (χ3n) is 2.44. The minimum Gasteiger partial charge on any atom is -0.508 e. The summed E-state index contributed by atoms with van der Waals surface area (Å²) in [4.78, 5) is 0. The van der Waals surface area contributed by atoms with Crippen LogP contribution in [0.15, 0.2) is 42.5 Å². The monoisotopic (exact) mass is 269 g/mol. The van der Waals surface area contributed by atoms with Crippen LogP contribution in [0.1, 0.15) is 0 Å². The molecule has 3 N–H and O–H groups in total. The summed E-state index contributed by atoms with van der Waals surface area (Å²) in [5.74, 6) is -0.283. The van der Waals surface area contributed by atoms with Crippen LogP contribution in [0.25, 0.3) is 11.1 Å². The first kappa shape index (κ1) is 13.1. The Kier molecular flexibility index (Phi) is 3.25. The molecule has 0 aromatic heterocycles. The Labute approximate surface area is 107 Å². The SMILES string of the molecule is Nc1ccc(O)cc1-c1ccc(OC(F)(F)F)cc1. The van der Waals surface area contributed by atoms with Gasteiger partial charge in [-0.15, -0.1) is 13.2 Å². The van der Waals surface area contributed by atoms with Crippen LogP contribution < -0.4 is 10.5 Å². The molecule has 2 aromatic carbocycles. The molecule has 0 heterocycles. The minimum absolute atomic E-state index is 0.0276. The molecule has 0 radical (unpaired) electrons. The van der Waals surface area contributed by atoms with E-state index >= 15 is 0 Å². The number of benzene rings is 2. The van der Waals surface area contributed by atoms with E-state index in [2.05, 4.69) is 4.74 Å². The third-order valence-corrected chi connectivity index (χ3v) is 2.44. The van der Waals surface area contributed by atoms with Crippen molar-refractivity contribution in [2.24, 2.45) is 0 Å². The fourth-order valence-corrected chi connectivity index (χ4v) is 1.63. The van der Waals surface area contributed by atoms with Crippen LogP contribution in [0.4, 0.5) is 18.9 Å². The zero-order valence-electron chi connectivity index (χ0n) is 9.61. The fraction of sp³-hybridized carbons (Fsp3) is 0.0769. The van der Waals surface area contributed by atoms with Crippen molar-refractivity contribution in [3.63, 3.8) is 0 Å². The van der Waals surface area contributed by atoms with Crippen LogP contribution in [0, 0.1) is 0 Å². The number of nitrogen functional groups attached to an aromatic ring is 1. The van der Waals surface area contributed by atoms with Crippen molar-refractivity contribution < 1.29 is 23.0 Å². The number of hydrogen-bond acceptors (Lipinski definition) is 3. The van der Waals surface area contributed by atoms with Crippen LogP contribution in [0.5, 0.6) is 11.5 Å². The van der Waals surface area contributed by atoms with Gasteiger partial charge in [-0.2, -0.15) is 0 Å². The molecule has 0 fully saturated rings. The topological polar surface area (TPSA) is 55.5 Å². The Morgan fingerprint density at radius 3 is 2.21 bits per heavy atom. The first-order valence-electron chi connectivity index (χ1n) is 5.30. The molecule has 0 saturated carbocycles. The molecule has 6 heteroatoms. The van der Waals surface area contributed by atoms with E-state index in [1.807, 2.05) is 0 Å². The molecule has 0 saturated heterocycles. The first-order chi connectivity index (χ1) is 8.85. The van der Waals surface area contributed by atoms with Gasteiger partial charge in [0.05, 0.1) is 0 Å². The van der Waals surface area contributed by atoms with Gasteiger partial charge >= 0.3 is 6.36 Å². The summed E-state index contributed by atoms with van der Waals surface area (Å²) < 4.78 is 39.8. The van der Waals surface area contributed by atoms with Crippen LogP contribution in [0.2, 0.25) is 0 Å². The van der Waals surface area contributed by atoms with Crippen molar-refractivity contribution in [2.45, 2.75) is 6.36 Å². The van der Waals surface area contributed by atoms with Gasteiger partial charge in [0.2, 0.25) is 0 Å². The van der Waals surface area contributed by atoms with E-state index in [0.29, 0.717) is 16.8 Å². The number of halogens is 3. The van der Waals surface area contributed by atoms with Gasteiger partial charge in [-0.05, 0) is 35.9 Å². The molecule has 100 valence electrons. The summed E-state index contributed by atoms with van der Waals surface area (Å²) in [6, 6.07) is 9.64. The maximum atomic E-state index is 12.0. The lowest BCUT2D eigenvalue weighted by molar-refractivity contribution is -0.274. The summed E-state index contributed by atoms with van der Waals surface area (Å²) in [5, 5.41) is 9.38. The van der Waals surface area contributed by atoms with Gasteiger partial charge in [-0.25, -0.2) is 0 Å². The predicted molar refractivity (Wildman–Crippen MR) is 64.6 cm³/mol. The van der Waals surface area contributed by atoms with Gasteiger partial charge in [-0.3, -0.25) is 0 Å². The maximum absolute atomic E-state index is 12.0. The molecule has 0 atom stereocenters. The molecule has 0 bridgehead atoms. The van der Waals surface area contributed by atoms with E-state index in [1.165, 1.54) is 42.5 Å². The molecule has 2 aromatic rings. The van der Waals surface area contributed by atoms with Crippen LogP contribution in [-0.4, -0.2) is 11.5 Å². The van der Waals surface area contributed by atoms with E-state index in [0.717, 1.165) is 0 Å². The van der Waals surface area contributed by atoms with Gasteiger partial charge < -0.3 is 15.6 Å². The molecular weight excluding hydrogens is 259 g/mol. The summed E-state index contributed by atoms with van der Waals surface area (Å²) in [6.45, 7) is 0. The van der Waals surface area contributed by atoms with Crippen LogP contribution in [-0.2, 0) is 0 Å². The van der Waals surface area contributed by atoms with Crippen molar-refractivity contribution in [2.75, 3.05) is 5.73 Å². The quantitative estimate of drug-likeness (QED) is 0.647. The Morgan fingerprint density at radius 2 is 1.63 bits per heavy atom. The van der Waals surface area contributed by atoms with E-state index in [9.17, 15) is 18.3 Å². The Morgan fingerprint density at radius 1 is 1.00 bits per heavy atom. The molecule has 2 rings (SSSR count). The zero-order valence-corrected chi connectivity index (χ0v) is 9.61. The number of ether oxygens (including phenoxy) is 1. The standard InChI is InChI=1S/C13H10F3NO2/c14-13(15,16)19-10-4-1-8(2-5-10)11-7-9(18)3-6-12(11)17/h1-7,18H,17H2. The number of alkyl halides is 3. The molecule has 0 aliphatic carbocycles. The predicted octanol–water partition coefficient (Wildman–Crippen LogP) is 3.54. The highest BCUT2D eigenvalue weighted by molar-refractivity contribution is 5.77.